The highest BCUT2D eigenvalue weighted by Crippen LogP contribution is 2.16. The van der Waals surface area contributed by atoms with Crippen molar-refractivity contribution in [3.63, 3.8) is 0 Å². The molecular formula is C14H15ClFN3. The molecule has 0 aliphatic heterocycles. The Morgan fingerprint density at radius 2 is 2.11 bits per heavy atom. The van der Waals surface area contributed by atoms with Gasteiger partial charge in [0, 0.05) is 18.3 Å². The third kappa shape index (κ3) is 3.83. The molecule has 2 rings (SSSR count). The van der Waals surface area contributed by atoms with E-state index in [-0.39, 0.29) is 5.82 Å². The van der Waals surface area contributed by atoms with E-state index in [1.54, 1.807) is 18.2 Å². The van der Waals surface area contributed by atoms with Crippen molar-refractivity contribution >= 4 is 23.1 Å². The Labute approximate surface area is 116 Å². The van der Waals surface area contributed by atoms with Crippen molar-refractivity contribution < 1.29 is 4.39 Å². The maximum absolute atomic E-state index is 13.0. The number of aryl methyl sites for hydroxylation is 1. The quantitative estimate of drug-likeness (QED) is 0.843. The first-order valence-electron chi connectivity index (χ1n) is 5.96. The summed E-state index contributed by atoms with van der Waals surface area (Å²) in [6.07, 6.45) is 0.778. The Morgan fingerprint density at radius 3 is 2.79 bits per heavy atom. The second-order valence-corrected chi connectivity index (χ2v) is 4.74. The Morgan fingerprint density at radius 1 is 1.32 bits per heavy atom. The van der Waals surface area contributed by atoms with Crippen LogP contribution in [0.25, 0.3) is 0 Å². The molecule has 0 spiro atoms. The molecule has 0 saturated carbocycles. The molecule has 19 heavy (non-hydrogen) atoms. The minimum atomic E-state index is -0.210. The summed E-state index contributed by atoms with van der Waals surface area (Å²) in [6.45, 7) is 2.58. The van der Waals surface area contributed by atoms with E-state index < -0.39 is 0 Å². The number of anilines is 2. The summed E-state index contributed by atoms with van der Waals surface area (Å²) < 4.78 is 13.0. The van der Waals surface area contributed by atoms with Gasteiger partial charge in [0.25, 0.3) is 0 Å². The van der Waals surface area contributed by atoms with Gasteiger partial charge in [-0.15, -0.1) is 0 Å². The third-order valence-corrected chi connectivity index (χ3v) is 3.02. The van der Waals surface area contributed by atoms with E-state index in [9.17, 15) is 4.39 Å². The monoisotopic (exact) mass is 279 g/mol. The van der Waals surface area contributed by atoms with Crippen molar-refractivity contribution in [3.8, 4) is 0 Å². The van der Waals surface area contributed by atoms with Crippen LogP contribution in [-0.4, -0.2) is 11.5 Å². The van der Waals surface area contributed by atoms with Gasteiger partial charge in [-0.3, -0.25) is 0 Å². The minimum Gasteiger partial charge on any atom is -0.399 e. The van der Waals surface area contributed by atoms with Gasteiger partial charge in [-0.25, -0.2) is 9.37 Å². The van der Waals surface area contributed by atoms with Gasteiger partial charge in [0.15, 0.2) is 0 Å². The predicted molar refractivity (Wildman–Crippen MR) is 77.0 cm³/mol. The van der Waals surface area contributed by atoms with Gasteiger partial charge in [-0.1, -0.05) is 17.7 Å². The lowest BCUT2D eigenvalue weighted by atomic mass is 10.1. The standard InChI is InChI=1S/C14H15ClFN3/c1-9-6-11(16)3-2-10(9)4-5-18-14-8-12(17)7-13(15)19-14/h2-3,6-8H,4-5H2,1H3,(H3,17,18,19). The molecular weight excluding hydrogens is 265 g/mol. The van der Waals surface area contributed by atoms with Crippen LogP contribution < -0.4 is 11.1 Å². The Kier molecular flexibility index (Phi) is 4.22. The molecule has 5 heteroatoms. The van der Waals surface area contributed by atoms with E-state index in [1.807, 2.05) is 6.92 Å². The maximum Gasteiger partial charge on any atom is 0.133 e. The zero-order valence-electron chi connectivity index (χ0n) is 10.6. The topological polar surface area (TPSA) is 50.9 Å². The summed E-state index contributed by atoms with van der Waals surface area (Å²) in [5, 5.41) is 3.51. The first kappa shape index (κ1) is 13.6. The molecule has 0 amide bonds. The highest BCUT2D eigenvalue weighted by atomic mass is 35.5. The highest BCUT2D eigenvalue weighted by molar-refractivity contribution is 6.29. The lowest BCUT2D eigenvalue weighted by Crippen LogP contribution is -2.07. The van der Waals surface area contributed by atoms with Gasteiger partial charge >= 0.3 is 0 Å². The third-order valence-electron chi connectivity index (χ3n) is 2.82. The molecule has 1 aromatic carbocycles. The van der Waals surface area contributed by atoms with Crippen LogP contribution in [0.15, 0.2) is 30.3 Å². The summed E-state index contributed by atoms with van der Waals surface area (Å²) in [4.78, 5) is 4.12. The van der Waals surface area contributed by atoms with Gasteiger partial charge in [-0.05, 0) is 42.7 Å². The molecule has 0 saturated heterocycles. The van der Waals surface area contributed by atoms with Gasteiger partial charge in [-0.2, -0.15) is 0 Å². The Bertz CT molecular complexity index is 567. The summed E-state index contributed by atoms with van der Waals surface area (Å²) in [7, 11) is 0. The van der Waals surface area contributed by atoms with E-state index in [2.05, 4.69) is 10.3 Å². The molecule has 0 unspecified atom stereocenters. The van der Waals surface area contributed by atoms with Gasteiger partial charge < -0.3 is 11.1 Å². The fourth-order valence-electron chi connectivity index (χ4n) is 1.87. The van der Waals surface area contributed by atoms with Crippen LogP contribution >= 0.6 is 11.6 Å². The zero-order chi connectivity index (χ0) is 13.8. The van der Waals surface area contributed by atoms with Crippen LogP contribution in [0, 0.1) is 12.7 Å². The molecule has 0 atom stereocenters. The van der Waals surface area contributed by atoms with E-state index in [1.165, 1.54) is 12.1 Å². The lowest BCUT2D eigenvalue weighted by molar-refractivity contribution is 0.625. The number of nitrogens with zero attached hydrogens (tertiary/aromatic N) is 1. The largest absolute Gasteiger partial charge is 0.399 e. The van der Waals surface area contributed by atoms with E-state index in [0.29, 0.717) is 23.2 Å². The number of hydrogen-bond acceptors (Lipinski definition) is 3. The zero-order valence-corrected chi connectivity index (χ0v) is 11.3. The average molecular weight is 280 g/mol. The van der Waals surface area contributed by atoms with Crippen LogP contribution in [0.2, 0.25) is 5.15 Å². The normalized spacial score (nSPS) is 10.5. The molecule has 3 N–H and O–H groups in total. The smallest absolute Gasteiger partial charge is 0.133 e. The Hall–Kier alpha value is -1.81. The molecule has 3 nitrogen and oxygen atoms in total. The maximum atomic E-state index is 13.0. The molecule has 100 valence electrons. The molecule has 2 aromatic rings. The van der Waals surface area contributed by atoms with Gasteiger partial charge in [0.05, 0.1) is 0 Å². The number of pyridine rings is 1. The molecule has 1 heterocycles. The first-order chi connectivity index (χ1) is 9.04. The molecule has 0 radical (unpaired) electrons. The number of benzene rings is 1. The first-order valence-corrected chi connectivity index (χ1v) is 6.34. The van der Waals surface area contributed by atoms with E-state index >= 15 is 0 Å². The van der Waals surface area contributed by atoms with Gasteiger partial charge in [0.2, 0.25) is 0 Å². The second kappa shape index (κ2) is 5.89. The number of rotatable bonds is 4. The highest BCUT2D eigenvalue weighted by Gasteiger charge is 2.02. The molecule has 0 fully saturated rings. The Balaban J connectivity index is 1.96. The summed E-state index contributed by atoms with van der Waals surface area (Å²) in [5.41, 5.74) is 8.29. The van der Waals surface area contributed by atoms with E-state index in [0.717, 1.165) is 17.5 Å². The van der Waals surface area contributed by atoms with Crippen LogP contribution in [0.4, 0.5) is 15.9 Å². The molecule has 1 aromatic heterocycles. The van der Waals surface area contributed by atoms with Crippen molar-refractivity contribution in [2.75, 3.05) is 17.6 Å². The summed E-state index contributed by atoms with van der Waals surface area (Å²) in [5.74, 6) is 0.434. The van der Waals surface area contributed by atoms with Crippen molar-refractivity contribution in [1.82, 2.24) is 4.98 Å². The van der Waals surface area contributed by atoms with Crippen molar-refractivity contribution in [1.29, 1.82) is 0 Å². The fourth-order valence-corrected chi connectivity index (χ4v) is 2.09. The predicted octanol–water partition coefficient (Wildman–Crippen LogP) is 3.42. The van der Waals surface area contributed by atoms with Gasteiger partial charge in [0.1, 0.15) is 16.8 Å². The van der Waals surface area contributed by atoms with Crippen molar-refractivity contribution in [2.45, 2.75) is 13.3 Å². The number of aromatic nitrogens is 1. The minimum absolute atomic E-state index is 0.210. The average Bonchev–Trinajstić information content (AvgIpc) is 2.30. The number of hydrogen-bond donors (Lipinski definition) is 2. The van der Waals surface area contributed by atoms with Crippen LogP contribution in [-0.2, 0) is 6.42 Å². The van der Waals surface area contributed by atoms with E-state index in [4.69, 9.17) is 17.3 Å². The van der Waals surface area contributed by atoms with Crippen LogP contribution in [0.1, 0.15) is 11.1 Å². The molecule has 0 aliphatic carbocycles. The number of nitrogen functional groups attached to an aromatic ring is 1. The second-order valence-electron chi connectivity index (χ2n) is 4.36. The lowest BCUT2D eigenvalue weighted by Gasteiger charge is -2.09. The fraction of sp³-hybridized carbons (Fsp3) is 0.214. The van der Waals surface area contributed by atoms with Crippen molar-refractivity contribution in [2.24, 2.45) is 0 Å². The van der Waals surface area contributed by atoms with Crippen LogP contribution in [0.3, 0.4) is 0 Å². The van der Waals surface area contributed by atoms with Crippen LogP contribution in [0.5, 0.6) is 0 Å². The number of nitrogens with one attached hydrogen (secondary N) is 1. The summed E-state index contributed by atoms with van der Waals surface area (Å²) in [6, 6.07) is 8.12. The molecule has 0 bridgehead atoms. The van der Waals surface area contributed by atoms with Crippen molar-refractivity contribution in [3.05, 3.63) is 52.4 Å². The number of halogens is 2. The summed E-state index contributed by atoms with van der Waals surface area (Å²) >= 11 is 5.82. The SMILES string of the molecule is Cc1cc(F)ccc1CCNc1cc(N)cc(Cl)n1. The number of nitrogens with two attached hydrogens (primary N) is 1. The molecule has 0 aliphatic rings.